The number of amides is 1. The van der Waals surface area contributed by atoms with Gasteiger partial charge in [0.2, 0.25) is 0 Å². The van der Waals surface area contributed by atoms with E-state index in [1.807, 2.05) is 32.0 Å². The normalized spacial score (nSPS) is 19.3. The third-order valence-electron chi connectivity index (χ3n) is 3.30. The summed E-state index contributed by atoms with van der Waals surface area (Å²) in [5.41, 5.74) is 2.50. The number of thioether (sulfide) groups is 1. The number of carboxylic acid groups (broad SMARTS) is 1. The van der Waals surface area contributed by atoms with Crippen LogP contribution in [0.4, 0.5) is 0 Å². The number of carbonyl (C=O) groups is 2. The molecule has 1 atom stereocenters. The summed E-state index contributed by atoms with van der Waals surface area (Å²) in [7, 11) is 0. The van der Waals surface area contributed by atoms with Crippen LogP contribution in [0.1, 0.15) is 21.5 Å². The van der Waals surface area contributed by atoms with Crippen molar-refractivity contribution >= 4 is 23.6 Å². The van der Waals surface area contributed by atoms with Crippen molar-refractivity contribution < 1.29 is 14.7 Å². The smallest absolute Gasteiger partial charge is 0.327 e. The van der Waals surface area contributed by atoms with E-state index in [4.69, 9.17) is 0 Å². The van der Waals surface area contributed by atoms with Crippen LogP contribution in [0.25, 0.3) is 0 Å². The van der Waals surface area contributed by atoms with Crippen molar-refractivity contribution in [1.82, 2.24) is 4.90 Å². The largest absolute Gasteiger partial charge is 0.480 e. The molecule has 102 valence electrons. The highest BCUT2D eigenvalue weighted by Crippen LogP contribution is 2.21. The summed E-state index contributed by atoms with van der Waals surface area (Å²) in [5.74, 6) is 0.159. The molecular weight excluding hydrogens is 262 g/mol. The number of nitrogens with zero attached hydrogens (tertiary/aromatic N) is 1. The fourth-order valence-corrected chi connectivity index (χ4v) is 3.21. The monoisotopic (exact) mass is 279 g/mol. The number of hydrogen-bond acceptors (Lipinski definition) is 3. The number of hydrogen-bond donors (Lipinski definition) is 1. The maximum absolute atomic E-state index is 12.5. The van der Waals surface area contributed by atoms with Crippen LogP contribution in [-0.4, -0.2) is 46.0 Å². The molecule has 1 aliphatic rings. The first kappa shape index (κ1) is 13.9. The molecule has 0 saturated carbocycles. The molecule has 1 fully saturated rings. The zero-order valence-corrected chi connectivity index (χ0v) is 11.9. The van der Waals surface area contributed by atoms with Gasteiger partial charge in [-0.15, -0.1) is 0 Å². The van der Waals surface area contributed by atoms with Gasteiger partial charge in [0.15, 0.2) is 0 Å². The second-order valence-corrected chi connectivity index (χ2v) is 5.90. The van der Waals surface area contributed by atoms with Gasteiger partial charge in [-0.1, -0.05) is 17.7 Å². The van der Waals surface area contributed by atoms with Gasteiger partial charge in [-0.2, -0.15) is 11.8 Å². The van der Waals surface area contributed by atoms with Gasteiger partial charge in [0, 0.05) is 23.6 Å². The van der Waals surface area contributed by atoms with Crippen LogP contribution in [0.15, 0.2) is 18.2 Å². The molecule has 4 nitrogen and oxygen atoms in total. The topological polar surface area (TPSA) is 57.6 Å². The number of rotatable bonds is 2. The summed E-state index contributed by atoms with van der Waals surface area (Å²) >= 11 is 1.58. The van der Waals surface area contributed by atoms with E-state index < -0.39 is 12.0 Å². The van der Waals surface area contributed by atoms with Gasteiger partial charge in [-0.3, -0.25) is 4.79 Å². The Balaban J connectivity index is 2.31. The second kappa shape index (κ2) is 5.65. The highest BCUT2D eigenvalue weighted by molar-refractivity contribution is 7.99. The van der Waals surface area contributed by atoms with Gasteiger partial charge >= 0.3 is 5.97 Å². The summed E-state index contributed by atoms with van der Waals surface area (Å²) in [6.45, 7) is 4.30. The van der Waals surface area contributed by atoms with Crippen LogP contribution >= 0.6 is 11.8 Å². The van der Waals surface area contributed by atoms with Crippen molar-refractivity contribution in [2.24, 2.45) is 0 Å². The fourth-order valence-electron chi connectivity index (χ4n) is 2.17. The average molecular weight is 279 g/mol. The van der Waals surface area contributed by atoms with E-state index in [0.29, 0.717) is 17.9 Å². The molecule has 19 heavy (non-hydrogen) atoms. The molecule has 0 bridgehead atoms. The minimum absolute atomic E-state index is 0.172. The van der Waals surface area contributed by atoms with Crippen molar-refractivity contribution in [3.05, 3.63) is 34.9 Å². The molecule has 0 radical (unpaired) electrons. The molecule has 0 aliphatic carbocycles. The maximum Gasteiger partial charge on any atom is 0.327 e. The Morgan fingerprint density at radius 3 is 2.79 bits per heavy atom. The molecule has 1 unspecified atom stereocenters. The summed E-state index contributed by atoms with van der Waals surface area (Å²) in [5, 5.41) is 9.22. The zero-order valence-electron chi connectivity index (χ0n) is 11.0. The SMILES string of the molecule is Cc1ccc(C)c(C(=O)N2CCSCC2C(=O)O)c1. The number of aryl methyl sites for hydroxylation is 2. The van der Waals surface area contributed by atoms with Gasteiger partial charge in [-0.05, 0) is 25.5 Å². The Kier molecular flexibility index (Phi) is 4.14. The van der Waals surface area contributed by atoms with Crippen molar-refractivity contribution in [2.45, 2.75) is 19.9 Å². The predicted molar refractivity (Wildman–Crippen MR) is 75.7 cm³/mol. The summed E-state index contributed by atoms with van der Waals surface area (Å²) in [6.07, 6.45) is 0. The molecule has 5 heteroatoms. The first-order valence-electron chi connectivity index (χ1n) is 6.19. The molecule has 1 aliphatic heterocycles. The zero-order chi connectivity index (χ0) is 14.0. The molecule has 1 heterocycles. The van der Waals surface area contributed by atoms with Crippen LogP contribution in [0.5, 0.6) is 0 Å². The van der Waals surface area contributed by atoms with Crippen molar-refractivity contribution in [2.75, 3.05) is 18.1 Å². The van der Waals surface area contributed by atoms with Gasteiger partial charge < -0.3 is 10.0 Å². The highest BCUT2D eigenvalue weighted by Gasteiger charge is 2.33. The Labute approximate surface area is 116 Å². The summed E-state index contributed by atoms with van der Waals surface area (Å²) in [4.78, 5) is 25.3. The van der Waals surface area contributed by atoms with E-state index in [-0.39, 0.29) is 5.91 Å². The van der Waals surface area contributed by atoms with Crippen molar-refractivity contribution in [3.63, 3.8) is 0 Å². The second-order valence-electron chi connectivity index (χ2n) is 4.75. The van der Waals surface area contributed by atoms with Gasteiger partial charge in [0.25, 0.3) is 5.91 Å². The Hall–Kier alpha value is -1.49. The van der Waals surface area contributed by atoms with E-state index in [2.05, 4.69) is 0 Å². The lowest BCUT2D eigenvalue weighted by Gasteiger charge is -2.33. The number of carboxylic acids is 1. The first-order valence-corrected chi connectivity index (χ1v) is 7.35. The summed E-state index contributed by atoms with van der Waals surface area (Å²) in [6, 6.07) is 4.97. The van der Waals surface area contributed by atoms with Crippen molar-refractivity contribution in [1.29, 1.82) is 0 Å². The fraction of sp³-hybridized carbons (Fsp3) is 0.429. The quantitative estimate of drug-likeness (QED) is 0.899. The van der Waals surface area contributed by atoms with Gasteiger partial charge in [0.1, 0.15) is 6.04 Å². The van der Waals surface area contributed by atoms with E-state index >= 15 is 0 Å². The lowest BCUT2D eigenvalue weighted by atomic mass is 10.0. The Bertz CT molecular complexity index is 515. The predicted octanol–water partition coefficient (Wildman–Crippen LogP) is 1.95. The van der Waals surface area contributed by atoms with Crippen LogP contribution < -0.4 is 0 Å². The number of aliphatic carboxylic acids is 1. The molecule has 0 spiro atoms. The van der Waals surface area contributed by atoms with E-state index in [9.17, 15) is 14.7 Å². The molecule has 1 N–H and O–H groups in total. The standard InChI is InChI=1S/C14H17NO3S/c1-9-3-4-10(2)11(7-9)13(16)15-5-6-19-8-12(15)14(17)18/h3-4,7,12H,5-6,8H2,1-2H3,(H,17,18). The van der Waals surface area contributed by atoms with Crippen LogP contribution in [-0.2, 0) is 4.79 Å². The molecule has 1 amide bonds. The average Bonchev–Trinajstić information content (AvgIpc) is 2.40. The molecule has 2 rings (SSSR count). The van der Waals surface area contributed by atoms with Gasteiger partial charge in [-0.25, -0.2) is 4.79 Å². The Morgan fingerprint density at radius 1 is 1.37 bits per heavy atom. The molecule has 0 aromatic heterocycles. The molecular formula is C14H17NO3S. The molecule has 1 aromatic rings. The minimum Gasteiger partial charge on any atom is -0.480 e. The number of carbonyl (C=O) groups excluding carboxylic acids is 1. The first-order chi connectivity index (χ1) is 9.00. The molecule has 1 saturated heterocycles. The lowest BCUT2D eigenvalue weighted by molar-refractivity contribution is -0.141. The maximum atomic E-state index is 12.5. The van der Waals surface area contributed by atoms with Gasteiger partial charge in [0.05, 0.1) is 0 Å². The van der Waals surface area contributed by atoms with Crippen LogP contribution in [0.3, 0.4) is 0 Å². The Morgan fingerprint density at radius 2 is 2.11 bits per heavy atom. The summed E-state index contributed by atoms with van der Waals surface area (Å²) < 4.78 is 0. The van der Waals surface area contributed by atoms with Crippen LogP contribution in [0, 0.1) is 13.8 Å². The highest BCUT2D eigenvalue weighted by atomic mass is 32.2. The van der Waals surface area contributed by atoms with E-state index in [1.165, 1.54) is 4.90 Å². The minimum atomic E-state index is -0.925. The van der Waals surface area contributed by atoms with Crippen molar-refractivity contribution in [3.8, 4) is 0 Å². The third kappa shape index (κ3) is 2.92. The van der Waals surface area contributed by atoms with Crippen LogP contribution in [0.2, 0.25) is 0 Å². The van der Waals surface area contributed by atoms with E-state index in [1.54, 1.807) is 11.8 Å². The lowest BCUT2D eigenvalue weighted by Crippen LogP contribution is -2.50. The van der Waals surface area contributed by atoms with E-state index in [0.717, 1.165) is 16.9 Å². The third-order valence-corrected chi connectivity index (χ3v) is 4.32. The number of benzene rings is 1. The molecule has 1 aromatic carbocycles.